The van der Waals surface area contributed by atoms with Gasteiger partial charge in [-0.1, -0.05) is 42.5 Å². The first kappa shape index (κ1) is 17.5. The number of thiocarbonyl (C=S) groups is 1. The highest BCUT2D eigenvalue weighted by molar-refractivity contribution is 8.23. The van der Waals surface area contributed by atoms with Crippen molar-refractivity contribution in [3.05, 3.63) is 29.0 Å². The minimum Gasteiger partial charge on any atom is -0.357 e. The van der Waals surface area contributed by atoms with Crippen LogP contribution in [0.15, 0.2) is 18.2 Å². The lowest BCUT2D eigenvalue weighted by molar-refractivity contribution is -0.113. The zero-order valence-electron chi connectivity index (χ0n) is 12.3. The number of carbonyl (C=O) groups is 1. The number of nitrogens with zero attached hydrogens (tertiary/aromatic N) is 1. The van der Waals surface area contributed by atoms with Gasteiger partial charge in [0, 0.05) is 18.1 Å². The topological polar surface area (TPSA) is 32.3 Å². The summed E-state index contributed by atoms with van der Waals surface area (Å²) in [6, 6.07) is 4.15. The lowest BCUT2D eigenvalue weighted by Gasteiger charge is -2.31. The van der Waals surface area contributed by atoms with Crippen LogP contribution < -0.4 is 5.32 Å². The summed E-state index contributed by atoms with van der Waals surface area (Å²) in [5.74, 6) is 0.0880. The van der Waals surface area contributed by atoms with Gasteiger partial charge in [0.1, 0.15) is 10.1 Å². The Bertz CT molecular complexity index is 562. The number of hydrogen-bond donors (Lipinski definition) is 1. The Morgan fingerprint density at radius 3 is 2.82 bits per heavy atom. The van der Waals surface area contributed by atoms with Gasteiger partial charge in [0.25, 0.3) is 0 Å². The number of hydrogen-bond acceptors (Lipinski definition) is 3. The fourth-order valence-electron chi connectivity index (χ4n) is 2.19. The third-order valence-corrected chi connectivity index (χ3v) is 5.33. The van der Waals surface area contributed by atoms with Crippen LogP contribution in [0.5, 0.6) is 0 Å². The second-order valence-electron chi connectivity index (χ2n) is 5.40. The van der Waals surface area contributed by atoms with Crippen molar-refractivity contribution in [3.8, 4) is 0 Å². The maximum Gasteiger partial charge on any atom is 0.234 e. The quantitative estimate of drug-likeness (QED) is 0.820. The van der Waals surface area contributed by atoms with Gasteiger partial charge in [-0.05, 0) is 37.0 Å². The highest BCUT2D eigenvalue weighted by atomic mass is 35.5. The molecule has 1 aliphatic heterocycles. The molecule has 1 saturated heterocycles. The van der Waals surface area contributed by atoms with E-state index in [0.29, 0.717) is 5.02 Å². The third-order valence-electron chi connectivity index (χ3n) is 3.57. The molecule has 0 radical (unpaired) electrons. The summed E-state index contributed by atoms with van der Waals surface area (Å²) in [7, 11) is 0. The summed E-state index contributed by atoms with van der Waals surface area (Å²) < 4.78 is 14.3. The zero-order chi connectivity index (χ0) is 16.1. The third kappa shape index (κ3) is 5.11. The van der Waals surface area contributed by atoms with Crippen molar-refractivity contribution in [2.45, 2.75) is 19.8 Å². The van der Waals surface area contributed by atoms with Gasteiger partial charge >= 0.3 is 0 Å². The molecule has 1 aromatic rings. The molecular weight excluding hydrogens is 343 g/mol. The van der Waals surface area contributed by atoms with Gasteiger partial charge in [0.15, 0.2) is 0 Å². The molecule has 0 unspecified atom stereocenters. The molecule has 7 heteroatoms. The molecule has 1 fully saturated rings. The Labute approximate surface area is 144 Å². The Morgan fingerprint density at radius 1 is 1.50 bits per heavy atom. The van der Waals surface area contributed by atoms with Crippen LogP contribution in [0, 0.1) is 11.7 Å². The molecule has 3 nitrogen and oxygen atoms in total. The van der Waals surface area contributed by atoms with Gasteiger partial charge in [0.05, 0.1) is 11.4 Å². The first-order chi connectivity index (χ1) is 10.5. The smallest absolute Gasteiger partial charge is 0.234 e. The Balaban J connectivity index is 1.79. The number of carbonyl (C=O) groups excluding carboxylic acids is 1. The normalized spacial score (nSPS) is 15.7. The van der Waals surface area contributed by atoms with E-state index < -0.39 is 5.82 Å². The summed E-state index contributed by atoms with van der Waals surface area (Å²) >= 11 is 12.3. The van der Waals surface area contributed by atoms with Crippen molar-refractivity contribution < 1.29 is 9.18 Å². The largest absolute Gasteiger partial charge is 0.357 e. The Hall–Kier alpha value is -0.850. The molecule has 1 aliphatic rings. The number of halogens is 2. The second kappa shape index (κ2) is 8.13. The van der Waals surface area contributed by atoms with E-state index in [1.165, 1.54) is 30.0 Å². The van der Waals surface area contributed by atoms with Gasteiger partial charge in [-0.2, -0.15) is 0 Å². The molecule has 1 heterocycles. The molecule has 0 aromatic heterocycles. The highest BCUT2D eigenvalue weighted by Crippen LogP contribution is 2.21. The van der Waals surface area contributed by atoms with Gasteiger partial charge in [0.2, 0.25) is 5.91 Å². The number of likely N-dealkylation sites (tertiary alicyclic amines) is 1. The van der Waals surface area contributed by atoms with E-state index in [1.54, 1.807) is 0 Å². The summed E-state index contributed by atoms with van der Waals surface area (Å²) in [6.07, 6.45) is 2.26. The number of nitrogens with one attached hydrogen (secondary N) is 1. The molecular formula is C15H18ClFN2OS2. The van der Waals surface area contributed by atoms with E-state index in [-0.39, 0.29) is 17.3 Å². The number of amides is 1. The molecule has 0 bridgehead atoms. The average Bonchev–Trinajstić information content (AvgIpc) is 2.48. The van der Waals surface area contributed by atoms with Crippen molar-refractivity contribution in [1.29, 1.82) is 0 Å². The van der Waals surface area contributed by atoms with Crippen LogP contribution in [0.4, 0.5) is 10.1 Å². The summed E-state index contributed by atoms with van der Waals surface area (Å²) in [6.45, 7) is 4.13. The van der Waals surface area contributed by atoms with Crippen LogP contribution in [0.3, 0.4) is 0 Å². The molecule has 120 valence electrons. The van der Waals surface area contributed by atoms with Crippen molar-refractivity contribution in [2.75, 3.05) is 24.2 Å². The summed E-state index contributed by atoms with van der Waals surface area (Å²) in [5, 5.41) is 2.83. The average molecular weight is 361 g/mol. The monoisotopic (exact) mass is 360 g/mol. The molecule has 0 saturated carbocycles. The molecule has 1 amide bonds. The fraction of sp³-hybridized carbons (Fsp3) is 0.467. The summed E-state index contributed by atoms with van der Waals surface area (Å²) in [4.78, 5) is 14.0. The lowest BCUT2D eigenvalue weighted by atomic mass is 10.00. The Morgan fingerprint density at radius 2 is 2.18 bits per heavy atom. The first-order valence-corrected chi connectivity index (χ1v) is 8.89. The van der Waals surface area contributed by atoms with Crippen LogP contribution in [-0.4, -0.2) is 34.0 Å². The van der Waals surface area contributed by atoms with Crippen molar-refractivity contribution in [2.24, 2.45) is 5.92 Å². The number of piperidine rings is 1. The molecule has 22 heavy (non-hydrogen) atoms. The van der Waals surface area contributed by atoms with Gasteiger partial charge in [-0.3, -0.25) is 4.79 Å². The van der Waals surface area contributed by atoms with Gasteiger partial charge in [-0.15, -0.1) is 0 Å². The van der Waals surface area contributed by atoms with Crippen molar-refractivity contribution in [1.82, 2.24) is 4.90 Å². The predicted molar refractivity (Wildman–Crippen MR) is 95.1 cm³/mol. The van der Waals surface area contributed by atoms with E-state index >= 15 is 0 Å². The molecule has 0 spiro atoms. The summed E-state index contributed by atoms with van der Waals surface area (Å²) in [5.41, 5.74) is 0.132. The van der Waals surface area contributed by atoms with Crippen LogP contribution in [-0.2, 0) is 4.79 Å². The van der Waals surface area contributed by atoms with Crippen LogP contribution in [0.1, 0.15) is 19.8 Å². The van der Waals surface area contributed by atoms with Crippen LogP contribution in [0.2, 0.25) is 5.02 Å². The van der Waals surface area contributed by atoms with Crippen LogP contribution in [0.25, 0.3) is 0 Å². The minimum absolute atomic E-state index is 0.132. The SMILES string of the molecule is CC1CCN(C(=S)SCC(=O)Nc2ccc(Cl)cc2F)CC1. The van der Waals surface area contributed by atoms with Crippen molar-refractivity contribution in [3.63, 3.8) is 0 Å². The van der Waals surface area contributed by atoms with Crippen molar-refractivity contribution >= 4 is 51.5 Å². The minimum atomic E-state index is -0.543. The molecule has 1 aromatic carbocycles. The maximum atomic E-state index is 13.6. The fourth-order valence-corrected chi connectivity index (χ4v) is 3.40. The van der Waals surface area contributed by atoms with Crippen LogP contribution >= 0.6 is 35.6 Å². The van der Waals surface area contributed by atoms with Gasteiger partial charge < -0.3 is 10.2 Å². The first-order valence-electron chi connectivity index (χ1n) is 7.12. The number of benzene rings is 1. The molecule has 2 rings (SSSR count). The van der Waals surface area contributed by atoms with Gasteiger partial charge in [-0.25, -0.2) is 4.39 Å². The number of anilines is 1. The lowest BCUT2D eigenvalue weighted by Crippen LogP contribution is -2.36. The predicted octanol–water partition coefficient (Wildman–Crippen LogP) is 4.17. The van der Waals surface area contributed by atoms with E-state index in [2.05, 4.69) is 17.1 Å². The second-order valence-corrected chi connectivity index (χ2v) is 7.44. The maximum absolute atomic E-state index is 13.6. The Kier molecular flexibility index (Phi) is 6.47. The highest BCUT2D eigenvalue weighted by Gasteiger charge is 2.19. The van der Waals surface area contributed by atoms with E-state index in [4.69, 9.17) is 23.8 Å². The van der Waals surface area contributed by atoms with E-state index in [1.807, 2.05) is 0 Å². The van der Waals surface area contributed by atoms with E-state index in [0.717, 1.165) is 36.2 Å². The van der Waals surface area contributed by atoms with E-state index in [9.17, 15) is 9.18 Å². The molecule has 0 atom stereocenters. The number of thioether (sulfide) groups is 1. The zero-order valence-corrected chi connectivity index (χ0v) is 14.7. The molecule has 0 aliphatic carbocycles. The molecule has 1 N–H and O–H groups in total. The number of rotatable bonds is 3. The standard InChI is InChI=1S/C15H18ClFN2OS2/c1-10-4-6-19(7-5-10)15(21)22-9-14(20)18-13-3-2-11(16)8-12(13)17/h2-3,8,10H,4-7,9H2,1H3,(H,18,20).